The maximum Gasteiger partial charge on any atom is 0.160 e. The summed E-state index contributed by atoms with van der Waals surface area (Å²) in [4.78, 5) is 12.7. The number of aromatic nitrogens is 3. The molecule has 0 saturated heterocycles. The molecule has 0 fully saturated rings. The van der Waals surface area contributed by atoms with Crippen LogP contribution < -0.4 is 4.90 Å². The Hall–Kier alpha value is -7.04. The molecule has 0 aliphatic carbocycles. The largest absolute Gasteiger partial charge is 0.309 e. The molecule has 1 aliphatic rings. The number of anilines is 3. The number of rotatable bonds is 5. The fraction of sp³-hybridized carbons (Fsp3) is 0. The first kappa shape index (κ1) is 29.8. The highest BCUT2D eigenvalue weighted by Gasteiger charge is 2.31. The van der Waals surface area contributed by atoms with Gasteiger partial charge in [-0.15, -0.1) is 0 Å². The molecule has 0 saturated carbocycles. The van der Waals surface area contributed by atoms with E-state index in [-0.39, 0.29) is 0 Å². The molecule has 0 radical (unpaired) electrons. The summed E-state index contributed by atoms with van der Waals surface area (Å²) in [7, 11) is 0. The van der Waals surface area contributed by atoms with Crippen LogP contribution in [0.4, 0.5) is 17.1 Å². The average Bonchev–Trinajstić information content (AvgIpc) is 3.51. The second kappa shape index (κ2) is 12.4. The van der Waals surface area contributed by atoms with Crippen molar-refractivity contribution in [3.05, 3.63) is 194 Å². The molecule has 0 unspecified atom stereocenters. The number of hydrogen-bond donors (Lipinski definition) is 0. The van der Waals surface area contributed by atoms with Crippen molar-refractivity contribution in [3.8, 4) is 62.0 Å². The quantitative estimate of drug-likeness (QED) is 0.184. The number of para-hydroxylation sites is 4. The van der Waals surface area contributed by atoms with E-state index < -0.39 is 0 Å². The minimum atomic E-state index is 0.686. The molecule has 9 aromatic rings. The van der Waals surface area contributed by atoms with Crippen LogP contribution in [0.3, 0.4) is 0 Å². The zero-order chi connectivity index (χ0) is 34.4. The van der Waals surface area contributed by atoms with E-state index in [2.05, 4.69) is 191 Å². The van der Waals surface area contributed by atoms with E-state index in [1.54, 1.807) is 0 Å². The number of nitrogens with zero attached hydrogens (tertiary/aromatic N) is 4. The van der Waals surface area contributed by atoms with Gasteiger partial charge in [-0.1, -0.05) is 146 Å². The Bertz CT molecular complexity index is 2680. The molecule has 3 heterocycles. The van der Waals surface area contributed by atoms with Crippen molar-refractivity contribution in [1.82, 2.24) is 14.5 Å². The molecular formula is C48H32N4. The smallest absolute Gasteiger partial charge is 0.160 e. The van der Waals surface area contributed by atoms with Crippen LogP contribution in [-0.4, -0.2) is 14.5 Å². The fourth-order valence-electron chi connectivity index (χ4n) is 7.64. The first-order chi connectivity index (χ1) is 25.8. The lowest BCUT2D eigenvalue weighted by Crippen LogP contribution is -2.11. The van der Waals surface area contributed by atoms with E-state index in [1.165, 1.54) is 16.5 Å². The van der Waals surface area contributed by atoms with E-state index in [0.717, 1.165) is 67.6 Å². The molecule has 0 bridgehead atoms. The van der Waals surface area contributed by atoms with Crippen molar-refractivity contribution in [1.29, 1.82) is 0 Å². The molecule has 4 heteroatoms. The summed E-state index contributed by atoms with van der Waals surface area (Å²) >= 11 is 0. The summed E-state index contributed by atoms with van der Waals surface area (Å²) in [6.45, 7) is 0. The van der Waals surface area contributed by atoms with Crippen LogP contribution in [0.1, 0.15) is 0 Å². The van der Waals surface area contributed by atoms with Gasteiger partial charge in [0.2, 0.25) is 0 Å². The number of hydrogen-bond acceptors (Lipinski definition) is 3. The van der Waals surface area contributed by atoms with Gasteiger partial charge >= 0.3 is 0 Å². The van der Waals surface area contributed by atoms with E-state index in [1.807, 2.05) is 12.1 Å². The maximum atomic E-state index is 5.17. The predicted octanol–water partition coefficient (Wildman–Crippen LogP) is 12.5. The lowest BCUT2D eigenvalue weighted by Gasteiger charge is -2.27. The molecule has 0 N–H and O–H groups in total. The van der Waals surface area contributed by atoms with Crippen molar-refractivity contribution >= 4 is 28.0 Å². The molecule has 0 amide bonds. The standard InChI is InChI=1S/C48H32N4/c1-4-17-33(18-5-1)41-32-42(34-19-6-2-7-20-34)50-48(49-41)35-21-16-24-37(31-35)52-44-29-14-11-26-39(44)46-38-25-10-13-28-43(38)51(36-22-8-3-9-23-36)45-30-15-12-27-40(45)47(46)52/h1-32H. The normalized spacial score (nSPS) is 11.8. The summed E-state index contributed by atoms with van der Waals surface area (Å²) in [5.41, 5.74) is 15.2. The summed E-state index contributed by atoms with van der Waals surface area (Å²) in [5.74, 6) is 0.686. The van der Waals surface area contributed by atoms with Gasteiger partial charge in [0, 0.05) is 50.1 Å². The molecular weight excluding hydrogens is 633 g/mol. The van der Waals surface area contributed by atoms with Crippen LogP contribution in [0.25, 0.3) is 72.9 Å². The highest BCUT2D eigenvalue weighted by molar-refractivity contribution is 6.13. The minimum Gasteiger partial charge on any atom is -0.309 e. The van der Waals surface area contributed by atoms with Crippen molar-refractivity contribution in [3.63, 3.8) is 0 Å². The first-order valence-corrected chi connectivity index (χ1v) is 17.6. The zero-order valence-electron chi connectivity index (χ0n) is 28.3. The van der Waals surface area contributed by atoms with Crippen LogP contribution >= 0.6 is 0 Å². The van der Waals surface area contributed by atoms with Crippen LogP contribution in [0.15, 0.2) is 194 Å². The van der Waals surface area contributed by atoms with E-state index in [4.69, 9.17) is 9.97 Å². The summed E-state index contributed by atoms with van der Waals surface area (Å²) in [6, 6.07) is 68.5. The second-order valence-corrected chi connectivity index (χ2v) is 13.0. The third kappa shape index (κ3) is 4.92. The maximum absolute atomic E-state index is 5.17. The SMILES string of the molecule is c1ccc(-c2cc(-c3ccccc3)nc(-c3cccc(-n4c5c(c6ccccc64)-c4ccccc4N(c4ccccc4)c4ccccc4-5)c3)n2)cc1. The van der Waals surface area contributed by atoms with Crippen LogP contribution in [0.2, 0.25) is 0 Å². The topological polar surface area (TPSA) is 34.0 Å². The van der Waals surface area contributed by atoms with Gasteiger partial charge in [0.25, 0.3) is 0 Å². The van der Waals surface area contributed by atoms with E-state index in [9.17, 15) is 0 Å². The van der Waals surface area contributed by atoms with Gasteiger partial charge in [0.05, 0.1) is 34.0 Å². The Morgan fingerprint density at radius 2 is 0.904 bits per heavy atom. The first-order valence-electron chi connectivity index (χ1n) is 17.6. The minimum absolute atomic E-state index is 0.686. The molecule has 4 nitrogen and oxygen atoms in total. The Labute approximate surface area is 302 Å². The van der Waals surface area contributed by atoms with Gasteiger partial charge in [-0.3, -0.25) is 0 Å². The molecule has 0 spiro atoms. The summed E-state index contributed by atoms with van der Waals surface area (Å²) in [5, 5.41) is 1.20. The molecule has 52 heavy (non-hydrogen) atoms. The Morgan fingerprint density at radius 1 is 0.385 bits per heavy atom. The third-order valence-corrected chi connectivity index (χ3v) is 9.93. The van der Waals surface area contributed by atoms with Crippen LogP contribution in [-0.2, 0) is 0 Å². The van der Waals surface area contributed by atoms with Gasteiger partial charge in [0.1, 0.15) is 0 Å². The van der Waals surface area contributed by atoms with E-state index in [0.29, 0.717) is 5.82 Å². The van der Waals surface area contributed by atoms with Gasteiger partial charge in [-0.05, 0) is 48.5 Å². The number of benzene rings is 7. The fourth-order valence-corrected chi connectivity index (χ4v) is 7.64. The summed E-state index contributed by atoms with van der Waals surface area (Å²) in [6.07, 6.45) is 0. The lowest BCUT2D eigenvalue weighted by molar-refractivity contribution is 1.13. The highest BCUT2D eigenvalue weighted by Crippen LogP contribution is 2.54. The van der Waals surface area contributed by atoms with Gasteiger partial charge in [-0.2, -0.15) is 0 Å². The Morgan fingerprint density at radius 3 is 1.60 bits per heavy atom. The van der Waals surface area contributed by atoms with Gasteiger partial charge < -0.3 is 9.47 Å². The predicted molar refractivity (Wildman–Crippen MR) is 214 cm³/mol. The monoisotopic (exact) mass is 664 g/mol. The molecule has 10 rings (SSSR count). The van der Waals surface area contributed by atoms with Crippen molar-refractivity contribution in [2.24, 2.45) is 0 Å². The highest BCUT2D eigenvalue weighted by atomic mass is 15.2. The van der Waals surface area contributed by atoms with Crippen molar-refractivity contribution in [2.45, 2.75) is 0 Å². The molecule has 0 atom stereocenters. The molecule has 1 aliphatic heterocycles. The Kier molecular flexibility index (Phi) is 7.10. The average molecular weight is 665 g/mol. The second-order valence-electron chi connectivity index (χ2n) is 13.0. The van der Waals surface area contributed by atoms with E-state index >= 15 is 0 Å². The molecule has 7 aromatic carbocycles. The van der Waals surface area contributed by atoms with Gasteiger partial charge in [-0.25, -0.2) is 9.97 Å². The van der Waals surface area contributed by atoms with Crippen molar-refractivity contribution in [2.75, 3.05) is 4.90 Å². The van der Waals surface area contributed by atoms with Crippen LogP contribution in [0, 0.1) is 0 Å². The van der Waals surface area contributed by atoms with Crippen molar-refractivity contribution < 1.29 is 0 Å². The zero-order valence-corrected chi connectivity index (χ0v) is 28.3. The molecule has 2 aromatic heterocycles. The third-order valence-electron chi connectivity index (χ3n) is 9.93. The Balaban J connectivity index is 1.23. The number of fused-ring (bicyclic) bond motifs is 7. The molecule has 244 valence electrons. The van der Waals surface area contributed by atoms with Crippen LogP contribution in [0.5, 0.6) is 0 Å². The summed E-state index contributed by atoms with van der Waals surface area (Å²) < 4.78 is 2.43. The lowest BCUT2D eigenvalue weighted by atomic mass is 9.98. The van der Waals surface area contributed by atoms with Gasteiger partial charge in [0.15, 0.2) is 5.82 Å².